The molecule has 0 radical (unpaired) electrons. The zero-order valence-corrected chi connectivity index (χ0v) is 14.5. The van der Waals surface area contributed by atoms with Gasteiger partial charge in [-0.2, -0.15) is 5.10 Å². The third-order valence-electron chi connectivity index (χ3n) is 4.82. The monoisotopic (exact) mass is 311 g/mol. The van der Waals surface area contributed by atoms with Crippen molar-refractivity contribution in [3.05, 3.63) is 16.4 Å². The first-order chi connectivity index (χ1) is 10.1. The van der Waals surface area contributed by atoms with Crippen LogP contribution < -0.4 is 5.32 Å². The molecule has 0 aromatic carbocycles. The van der Waals surface area contributed by atoms with E-state index in [4.69, 9.17) is 11.6 Å². The van der Waals surface area contributed by atoms with Crippen LogP contribution in [0.1, 0.15) is 63.1 Å². The van der Waals surface area contributed by atoms with Gasteiger partial charge in [0.15, 0.2) is 0 Å². The fourth-order valence-electron chi connectivity index (χ4n) is 3.57. The molecule has 1 aliphatic carbocycles. The molecule has 4 heteroatoms. The van der Waals surface area contributed by atoms with Crippen LogP contribution in [0.2, 0.25) is 5.15 Å². The fraction of sp³-hybridized carbons (Fsp3) is 0.824. The van der Waals surface area contributed by atoms with Crippen molar-refractivity contribution in [2.45, 2.75) is 71.3 Å². The Morgan fingerprint density at radius 1 is 1.29 bits per heavy atom. The molecule has 1 saturated carbocycles. The molecular formula is C17H30ClN3. The summed E-state index contributed by atoms with van der Waals surface area (Å²) in [7, 11) is 1.93. The van der Waals surface area contributed by atoms with Crippen LogP contribution in [0.4, 0.5) is 0 Å². The number of hydrogen-bond acceptors (Lipinski definition) is 2. The van der Waals surface area contributed by atoms with Gasteiger partial charge in [0.1, 0.15) is 5.15 Å². The number of aromatic nitrogens is 2. The number of hydrogen-bond donors (Lipinski definition) is 1. The highest BCUT2D eigenvalue weighted by Crippen LogP contribution is 2.29. The van der Waals surface area contributed by atoms with Crippen molar-refractivity contribution < 1.29 is 0 Å². The summed E-state index contributed by atoms with van der Waals surface area (Å²) in [6, 6.07) is 0.545. The smallest absolute Gasteiger partial charge is 0.130 e. The molecular weight excluding hydrogens is 282 g/mol. The Morgan fingerprint density at radius 3 is 2.48 bits per heavy atom. The molecule has 1 N–H and O–H groups in total. The van der Waals surface area contributed by atoms with Crippen molar-refractivity contribution in [3.8, 4) is 0 Å². The first-order valence-electron chi connectivity index (χ1n) is 8.54. The van der Waals surface area contributed by atoms with Crippen molar-refractivity contribution >= 4 is 11.6 Å². The van der Waals surface area contributed by atoms with Crippen LogP contribution in [0, 0.1) is 12.8 Å². The van der Waals surface area contributed by atoms with Crippen molar-refractivity contribution in [2.75, 3.05) is 6.54 Å². The second-order valence-corrected chi connectivity index (χ2v) is 6.85. The summed E-state index contributed by atoms with van der Waals surface area (Å²) >= 11 is 6.44. The average molecular weight is 312 g/mol. The Morgan fingerprint density at radius 2 is 1.95 bits per heavy atom. The first kappa shape index (κ1) is 16.8. The highest BCUT2D eigenvalue weighted by molar-refractivity contribution is 6.30. The molecule has 1 heterocycles. The van der Waals surface area contributed by atoms with E-state index in [1.54, 1.807) is 4.68 Å². The number of aryl methyl sites for hydroxylation is 2. The zero-order valence-electron chi connectivity index (χ0n) is 13.8. The van der Waals surface area contributed by atoms with Gasteiger partial charge in [-0.25, -0.2) is 0 Å². The first-order valence-corrected chi connectivity index (χ1v) is 8.92. The number of nitrogens with one attached hydrogen (secondary N) is 1. The van der Waals surface area contributed by atoms with Gasteiger partial charge in [-0.1, -0.05) is 44.2 Å². The molecule has 21 heavy (non-hydrogen) atoms. The van der Waals surface area contributed by atoms with Gasteiger partial charge in [0.05, 0.1) is 5.69 Å². The van der Waals surface area contributed by atoms with Crippen LogP contribution in [-0.4, -0.2) is 22.4 Å². The zero-order chi connectivity index (χ0) is 15.2. The molecule has 0 saturated heterocycles. The van der Waals surface area contributed by atoms with E-state index in [9.17, 15) is 0 Å². The van der Waals surface area contributed by atoms with Crippen molar-refractivity contribution in [2.24, 2.45) is 13.0 Å². The number of rotatable bonds is 6. The highest BCUT2D eigenvalue weighted by Gasteiger charge is 2.25. The summed E-state index contributed by atoms with van der Waals surface area (Å²) < 4.78 is 1.80. The van der Waals surface area contributed by atoms with Gasteiger partial charge in [0.25, 0.3) is 0 Å². The van der Waals surface area contributed by atoms with E-state index in [1.165, 1.54) is 50.5 Å². The van der Waals surface area contributed by atoms with E-state index >= 15 is 0 Å². The SMILES string of the molecule is CCCNC(Cc1c(C)nn(C)c1Cl)C1CCCCCC1. The molecule has 1 atom stereocenters. The maximum absolute atomic E-state index is 6.44. The summed E-state index contributed by atoms with van der Waals surface area (Å²) in [5.74, 6) is 0.787. The Labute approximate surface area is 134 Å². The van der Waals surface area contributed by atoms with Crippen LogP contribution >= 0.6 is 11.6 Å². The minimum absolute atomic E-state index is 0.545. The van der Waals surface area contributed by atoms with E-state index in [2.05, 4.69) is 24.3 Å². The minimum Gasteiger partial charge on any atom is -0.313 e. The van der Waals surface area contributed by atoms with E-state index < -0.39 is 0 Å². The molecule has 120 valence electrons. The predicted octanol–water partition coefficient (Wildman–Crippen LogP) is 4.26. The summed E-state index contributed by atoms with van der Waals surface area (Å²) in [5, 5.41) is 9.06. The predicted molar refractivity (Wildman–Crippen MR) is 89.9 cm³/mol. The van der Waals surface area contributed by atoms with Gasteiger partial charge < -0.3 is 5.32 Å². The van der Waals surface area contributed by atoms with Gasteiger partial charge in [0, 0.05) is 18.7 Å². The third-order valence-corrected chi connectivity index (χ3v) is 5.29. The van der Waals surface area contributed by atoms with Crippen molar-refractivity contribution in [1.82, 2.24) is 15.1 Å². The Bertz CT molecular complexity index is 433. The van der Waals surface area contributed by atoms with Gasteiger partial charge in [-0.15, -0.1) is 0 Å². The molecule has 1 aliphatic rings. The summed E-state index contributed by atoms with van der Waals surface area (Å²) in [6.45, 7) is 5.41. The second kappa shape index (κ2) is 8.19. The fourth-order valence-corrected chi connectivity index (χ4v) is 3.83. The van der Waals surface area contributed by atoms with E-state index in [0.29, 0.717) is 6.04 Å². The van der Waals surface area contributed by atoms with E-state index in [0.717, 1.165) is 29.7 Å². The average Bonchev–Trinajstić information content (AvgIpc) is 2.69. The molecule has 1 unspecified atom stereocenters. The lowest BCUT2D eigenvalue weighted by Crippen LogP contribution is -2.38. The summed E-state index contributed by atoms with van der Waals surface area (Å²) in [4.78, 5) is 0. The van der Waals surface area contributed by atoms with Crippen LogP contribution in [-0.2, 0) is 13.5 Å². The Hall–Kier alpha value is -0.540. The van der Waals surface area contributed by atoms with Crippen molar-refractivity contribution in [1.29, 1.82) is 0 Å². The lowest BCUT2D eigenvalue weighted by Gasteiger charge is -2.27. The lowest BCUT2D eigenvalue weighted by molar-refractivity contribution is 0.317. The summed E-state index contributed by atoms with van der Waals surface area (Å²) in [5.41, 5.74) is 2.32. The van der Waals surface area contributed by atoms with Crippen LogP contribution in [0.5, 0.6) is 0 Å². The Kier molecular flexibility index (Phi) is 6.56. The number of nitrogens with zero attached hydrogens (tertiary/aromatic N) is 2. The maximum Gasteiger partial charge on any atom is 0.130 e. The number of halogens is 1. The van der Waals surface area contributed by atoms with Crippen LogP contribution in [0.3, 0.4) is 0 Å². The molecule has 1 aromatic rings. The van der Waals surface area contributed by atoms with Gasteiger partial charge in [-0.3, -0.25) is 4.68 Å². The standard InChI is InChI=1S/C17H30ClN3/c1-4-11-19-16(14-9-7-5-6-8-10-14)12-15-13(2)20-21(3)17(15)18/h14,16,19H,4-12H2,1-3H3. The maximum atomic E-state index is 6.44. The third kappa shape index (κ3) is 4.46. The quantitative estimate of drug-likeness (QED) is 0.795. The molecule has 1 fully saturated rings. The Balaban J connectivity index is 2.11. The largest absolute Gasteiger partial charge is 0.313 e. The van der Waals surface area contributed by atoms with Crippen LogP contribution in [0.25, 0.3) is 0 Å². The molecule has 0 amide bonds. The second-order valence-electron chi connectivity index (χ2n) is 6.49. The molecule has 3 nitrogen and oxygen atoms in total. The van der Waals surface area contributed by atoms with Crippen LogP contribution in [0.15, 0.2) is 0 Å². The topological polar surface area (TPSA) is 29.9 Å². The van der Waals surface area contributed by atoms with E-state index in [1.807, 2.05) is 7.05 Å². The molecule has 0 bridgehead atoms. The normalized spacial score (nSPS) is 18.7. The molecule has 0 aliphatic heterocycles. The van der Waals surface area contributed by atoms with Gasteiger partial charge in [-0.05, 0) is 45.1 Å². The van der Waals surface area contributed by atoms with Crippen molar-refractivity contribution in [3.63, 3.8) is 0 Å². The lowest BCUT2D eigenvalue weighted by atomic mass is 9.87. The molecule has 2 rings (SSSR count). The summed E-state index contributed by atoms with van der Waals surface area (Å²) in [6.07, 6.45) is 10.5. The molecule has 0 spiro atoms. The highest BCUT2D eigenvalue weighted by atomic mass is 35.5. The van der Waals surface area contributed by atoms with Gasteiger partial charge >= 0.3 is 0 Å². The van der Waals surface area contributed by atoms with Gasteiger partial charge in [0.2, 0.25) is 0 Å². The minimum atomic E-state index is 0.545. The van der Waals surface area contributed by atoms with E-state index in [-0.39, 0.29) is 0 Å². The molecule has 1 aromatic heterocycles.